The lowest BCUT2D eigenvalue weighted by atomic mass is 10.0. The van der Waals surface area contributed by atoms with Gasteiger partial charge in [-0.1, -0.05) is 30.3 Å². The Kier molecular flexibility index (Phi) is 6.17. The molecule has 26 heavy (non-hydrogen) atoms. The predicted molar refractivity (Wildman–Crippen MR) is 106 cm³/mol. The molecule has 0 bridgehead atoms. The number of carbonyl (C=O) groups is 2. The van der Waals surface area contributed by atoms with Crippen LogP contribution in [0, 0.1) is 0 Å². The van der Waals surface area contributed by atoms with Crippen molar-refractivity contribution in [1.82, 2.24) is 5.32 Å². The van der Waals surface area contributed by atoms with Crippen LogP contribution in [0.1, 0.15) is 23.2 Å². The normalized spacial score (nSPS) is 14.8. The molecule has 2 aromatic carbocycles. The Morgan fingerprint density at radius 1 is 1.04 bits per heavy atom. The minimum atomic E-state index is -0.390. The van der Waals surface area contributed by atoms with E-state index in [0.717, 1.165) is 30.8 Å². The zero-order valence-electron chi connectivity index (χ0n) is 14.6. The van der Waals surface area contributed by atoms with Crippen LogP contribution < -0.4 is 16.0 Å². The molecular formula is C20H23N3O2S. The zero-order valence-corrected chi connectivity index (χ0v) is 15.4. The molecule has 1 heterocycles. The highest BCUT2D eigenvalue weighted by Gasteiger charge is 2.22. The smallest absolute Gasteiger partial charge is 0.252 e. The van der Waals surface area contributed by atoms with Gasteiger partial charge in [-0.2, -0.15) is 0 Å². The predicted octanol–water partition coefficient (Wildman–Crippen LogP) is 2.66. The molecule has 6 heteroatoms. The number of anilines is 1. The van der Waals surface area contributed by atoms with E-state index in [4.69, 9.17) is 5.73 Å². The highest BCUT2D eigenvalue weighted by molar-refractivity contribution is 8.00. The molecule has 0 aliphatic carbocycles. The van der Waals surface area contributed by atoms with Crippen molar-refractivity contribution in [2.75, 3.05) is 23.7 Å². The molecule has 0 spiro atoms. The average molecular weight is 369 g/mol. The molecule has 0 unspecified atom stereocenters. The van der Waals surface area contributed by atoms with E-state index in [1.54, 1.807) is 6.07 Å². The summed E-state index contributed by atoms with van der Waals surface area (Å²) < 4.78 is 0. The number of primary amides is 1. The highest BCUT2D eigenvalue weighted by atomic mass is 32.2. The zero-order chi connectivity index (χ0) is 18.4. The lowest BCUT2D eigenvalue weighted by molar-refractivity contribution is -0.115. The van der Waals surface area contributed by atoms with Gasteiger partial charge < -0.3 is 16.0 Å². The lowest BCUT2D eigenvalue weighted by Gasteiger charge is -2.34. The molecule has 1 saturated heterocycles. The van der Waals surface area contributed by atoms with E-state index in [9.17, 15) is 9.59 Å². The first-order valence-corrected chi connectivity index (χ1v) is 9.73. The molecule has 0 atom stereocenters. The van der Waals surface area contributed by atoms with Crippen LogP contribution >= 0.6 is 11.8 Å². The third-order valence-corrected chi connectivity index (χ3v) is 5.55. The Balaban J connectivity index is 1.57. The molecule has 1 fully saturated rings. The number of nitrogens with two attached hydrogens (primary N) is 1. The lowest BCUT2D eigenvalue weighted by Crippen LogP contribution is -2.44. The summed E-state index contributed by atoms with van der Waals surface area (Å²) in [6.45, 7) is 1.85. The summed E-state index contributed by atoms with van der Waals surface area (Å²) in [5.41, 5.74) is 7.04. The van der Waals surface area contributed by atoms with Crippen molar-refractivity contribution < 1.29 is 9.59 Å². The fraction of sp³-hybridized carbons (Fsp3) is 0.300. The van der Waals surface area contributed by atoms with Crippen molar-refractivity contribution in [2.45, 2.75) is 23.8 Å². The molecule has 3 N–H and O–H groups in total. The van der Waals surface area contributed by atoms with E-state index >= 15 is 0 Å². The van der Waals surface area contributed by atoms with Gasteiger partial charge in [-0.15, -0.1) is 11.8 Å². The molecular weight excluding hydrogens is 346 g/mol. The van der Waals surface area contributed by atoms with Crippen LogP contribution in [0.5, 0.6) is 0 Å². The summed E-state index contributed by atoms with van der Waals surface area (Å²) in [4.78, 5) is 26.8. The van der Waals surface area contributed by atoms with Gasteiger partial charge in [0.1, 0.15) is 0 Å². The molecule has 136 valence electrons. The number of thioether (sulfide) groups is 1. The number of nitrogens with one attached hydrogen (secondary N) is 1. The monoisotopic (exact) mass is 369 g/mol. The Labute approximate surface area is 157 Å². The Morgan fingerprint density at radius 2 is 1.69 bits per heavy atom. The van der Waals surface area contributed by atoms with Crippen LogP contribution in [-0.2, 0) is 4.79 Å². The van der Waals surface area contributed by atoms with Gasteiger partial charge in [0.25, 0.3) is 5.91 Å². The highest BCUT2D eigenvalue weighted by Crippen LogP contribution is 2.23. The van der Waals surface area contributed by atoms with E-state index in [0.29, 0.717) is 5.56 Å². The number of rotatable bonds is 6. The molecule has 2 aromatic rings. The molecule has 3 rings (SSSR count). The average Bonchev–Trinajstić information content (AvgIpc) is 2.68. The molecule has 1 aliphatic rings. The van der Waals surface area contributed by atoms with Gasteiger partial charge in [0.05, 0.1) is 11.3 Å². The van der Waals surface area contributed by atoms with E-state index in [1.165, 1.54) is 17.4 Å². The van der Waals surface area contributed by atoms with Crippen LogP contribution in [-0.4, -0.2) is 36.7 Å². The first-order chi connectivity index (χ1) is 12.6. The van der Waals surface area contributed by atoms with Gasteiger partial charge in [-0.25, -0.2) is 0 Å². The Bertz CT molecular complexity index is 759. The van der Waals surface area contributed by atoms with Gasteiger partial charge in [0, 0.05) is 29.7 Å². The second-order valence-corrected chi connectivity index (χ2v) is 7.34. The number of piperidine rings is 1. The minimum absolute atomic E-state index is 0.0873. The number of amides is 2. The number of hydrogen-bond donors (Lipinski definition) is 2. The number of hydrogen-bond acceptors (Lipinski definition) is 4. The van der Waals surface area contributed by atoms with Crippen LogP contribution in [0.3, 0.4) is 0 Å². The number of para-hydroxylation sites is 1. The minimum Gasteiger partial charge on any atom is -0.371 e. The molecule has 0 saturated carbocycles. The molecule has 0 radical (unpaired) electrons. The third-order valence-electron chi connectivity index (χ3n) is 4.45. The first kappa shape index (κ1) is 18.3. The van der Waals surface area contributed by atoms with E-state index in [2.05, 4.69) is 22.3 Å². The number of nitrogens with zero attached hydrogens (tertiary/aromatic N) is 1. The summed E-state index contributed by atoms with van der Waals surface area (Å²) in [6.07, 6.45) is 1.83. The van der Waals surface area contributed by atoms with E-state index in [1.807, 2.05) is 36.4 Å². The summed E-state index contributed by atoms with van der Waals surface area (Å²) in [6, 6.07) is 17.8. The molecule has 5 nitrogen and oxygen atoms in total. The van der Waals surface area contributed by atoms with Crippen molar-refractivity contribution in [1.29, 1.82) is 0 Å². The van der Waals surface area contributed by atoms with Crippen molar-refractivity contribution in [3.63, 3.8) is 0 Å². The fourth-order valence-electron chi connectivity index (χ4n) is 3.11. The van der Waals surface area contributed by atoms with Crippen LogP contribution in [0.4, 0.5) is 5.69 Å². The first-order valence-electron chi connectivity index (χ1n) is 8.74. The molecule has 1 aliphatic heterocycles. The third kappa shape index (κ3) is 4.79. The van der Waals surface area contributed by atoms with Crippen molar-refractivity contribution >= 4 is 29.3 Å². The standard InChI is InChI=1S/C20H23N3O2S/c21-19(24)14-26-18-9-5-4-8-17(18)20(25)22-15-10-12-23(13-11-15)16-6-2-1-3-7-16/h1-9,15H,10-14H2,(H2,21,24)(H,22,25). The van der Waals surface area contributed by atoms with Gasteiger partial charge in [-0.05, 0) is 37.1 Å². The quantitative estimate of drug-likeness (QED) is 0.768. The van der Waals surface area contributed by atoms with Gasteiger partial charge >= 0.3 is 0 Å². The maximum Gasteiger partial charge on any atom is 0.252 e. The number of benzene rings is 2. The van der Waals surface area contributed by atoms with Gasteiger partial charge in [-0.3, -0.25) is 9.59 Å². The van der Waals surface area contributed by atoms with Gasteiger partial charge in [0.15, 0.2) is 0 Å². The largest absolute Gasteiger partial charge is 0.371 e. The summed E-state index contributed by atoms with van der Waals surface area (Å²) in [5, 5.41) is 3.14. The topological polar surface area (TPSA) is 75.4 Å². The molecule has 2 amide bonds. The fourth-order valence-corrected chi connectivity index (χ4v) is 3.90. The second-order valence-electron chi connectivity index (χ2n) is 6.32. The van der Waals surface area contributed by atoms with Crippen molar-refractivity contribution in [3.8, 4) is 0 Å². The van der Waals surface area contributed by atoms with Crippen LogP contribution in [0.2, 0.25) is 0 Å². The van der Waals surface area contributed by atoms with Crippen LogP contribution in [0.15, 0.2) is 59.5 Å². The molecule has 0 aromatic heterocycles. The maximum atomic E-state index is 12.7. The Hall–Kier alpha value is -2.47. The second kappa shape index (κ2) is 8.76. The number of carbonyl (C=O) groups excluding carboxylic acids is 2. The van der Waals surface area contributed by atoms with Crippen LogP contribution in [0.25, 0.3) is 0 Å². The SMILES string of the molecule is NC(=O)CSc1ccccc1C(=O)NC1CCN(c2ccccc2)CC1. The maximum absolute atomic E-state index is 12.7. The van der Waals surface area contributed by atoms with E-state index in [-0.39, 0.29) is 17.7 Å². The van der Waals surface area contributed by atoms with E-state index < -0.39 is 5.91 Å². The van der Waals surface area contributed by atoms with Gasteiger partial charge in [0.2, 0.25) is 5.91 Å². The van der Waals surface area contributed by atoms with Crippen molar-refractivity contribution in [3.05, 3.63) is 60.2 Å². The summed E-state index contributed by atoms with van der Waals surface area (Å²) in [5.74, 6) is -0.311. The summed E-state index contributed by atoms with van der Waals surface area (Å²) >= 11 is 1.30. The Morgan fingerprint density at radius 3 is 2.38 bits per heavy atom. The summed E-state index contributed by atoms with van der Waals surface area (Å²) in [7, 11) is 0. The van der Waals surface area contributed by atoms with Crippen molar-refractivity contribution in [2.24, 2.45) is 5.73 Å².